The van der Waals surface area contributed by atoms with E-state index < -0.39 is 18.7 Å². The maximum atomic E-state index is 12.4. The van der Waals surface area contributed by atoms with Crippen LogP contribution in [0, 0.1) is 0 Å². The van der Waals surface area contributed by atoms with Gasteiger partial charge in [0.05, 0.1) is 5.75 Å². The predicted molar refractivity (Wildman–Crippen MR) is 66.0 cm³/mol. The lowest BCUT2D eigenvalue weighted by Gasteiger charge is -2.20. The molecule has 1 aromatic heterocycles. The van der Waals surface area contributed by atoms with Crippen molar-refractivity contribution in [3.05, 3.63) is 0 Å². The molecular formula is C10H13F3N4O2S. The molecule has 0 aromatic carbocycles. The maximum absolute atomic E-state index is 12.4. The van der Waals surface area contributed by atoms with Gasteiger partial charge in [-0.1, -0.05) is 11.8 Å². The van der Waals surface area contributed by atoms with Crippen molar-refractivity contribution < 1.29 is 23.1 Å². The molecule has 0 amide bonds. The number of halogens is 3. The summed E-state index contributed by atoms with van der Waals surface area (Å²) in [6.07, 6.45) is -2.65. The van der Waals surface area contributed by atoms with Gasteiger partial charge in [0.25, 0.3) is 0 Å². The second-order valence-corrected chi connectivity index (χ2v) is 5.48. The molecule has 1 heterocycles. The van der Waals surface area contributed by atoms with Crippen molar-refractivity contribution in [2.24, 2.45) is 0 Å². The van der Waals surface area contributed by atoms with Gasteiger partial charge in [0.1, 0.15) is 6.54 Å². The number of aromatic nitrogens is 3. The molecule has 6 nitrogen and oxygen atoms in total. The number of carboxylic acids is 1. The van der Waals surface area contributed by atoms with Crippen LogP contribution in [0.5, 0.6) is 0 Å². The highest BCUT2D eigenvalue weighted by atomic mass is 32.2. The van der Waals surface area contributed by atoms with Crippen molar-refractivity contribution in [1.29, 1.82) is 0 Å². The van der Waals surface area contributed by atoms with Crippen LogP contribution in [0.1, 0.15) is 18.9 Å². The lowest BCUT2D eigenvalue weighted by Crippen LogP contribution is -2.32. The van der Waals surface area contributed by atoms with Crippen LogP contribution >= 0.6 is 11.8 Å². The van der Waals surface area contributed by atoms with Gasteiger partial charge in [0.15, 0.2) is 5.16 Å². The Morgan fingerprint density at radius 1 is 1.50 bits per heavy atom. The van der Waals surface area contributed by atoms with Gasteiger partial charge in [-0.05, 0) is 12.8 Å². The minimum atomic E-state index is -4.33. The van der Waals surface area contributed by atoms with Crippen LogP contribution in [-0.4, -0.2) is 51.4 Å². The van der Waals surface area contributed by atoms with E-state index in [9.17, 15) is 18.0 Å². The first-order chi connectivity index (χ1) is 9.28. The highest BCUT2D eigenvalue weighted by Crippen LogP contribution is 2.41. The van der Waals surface area contributed by atoms with Crippen molar-refractivity contribution >= 4 is 23.7 Å². The van der Waals surface area contributed by atoms with Gasteiger partial charge in [-0.2, -0.15) is 13.2 Å². The van der Waals surface area contributed by atoms with Gasteiger partial charge in [-0.3, -0.25) is 9.36 Å². The zero-order valence-electron chi connectivity index (χ0n) is 10.6. The zero-order valence-corrected chi connectivity index (χ0v) is 11.4. The van der Waals surface area contributed by atoms with Crippen molar-refractivity contribution in [2.75, 3.05) is 24.2 Å². The number of alkyl halides is 3. The standard InChI is InChI=1S/C10H13F3N4O2S/c1-16(5-10(11,12)13)8-14-15-9(20-4-7(18)19)17(8)6-2-3-6/h6H,2-5H2,1H3,(H,18,19). The summed E-state index contributed by atoms with van der Waals surface area (Å²) in [7, 11) is 1.29. The first kappa shape index (κ1) is 14.9. The fraction of sp³-hybridized carbons (Fsp3) is 0.700. The Morgan fingerprint density at radius 3 is 2.65 bits per heavy atom. The van der Waals surface area contributed by atoms with E-state index in [-0.39, 0.29) is 17.7 Å². The van der Waals surface area contributed by atoms with E-state index in [1.54, 1.807) is 4.57 Å². The Morgan fingerprint density at radius 2 is 2.15 bits per heavy atom. The molecule has 1 N–H and O–H groups in total. The summed E-state index contributed by atoms with van der Waals surface area (Å²) in [5.74, 6) is -1.09. The number of carbonyl (C=O) groups is 1. The van der Waals surface area contributed by atoms with Crippen molar-refractivity contribution in [2.45, 2.75) is 30.2 Å². The molecule has 0 radical (unpaired) electrons. The Hall–Kier alpha value is -1.45. The molecule has 0 spiro atoms. The van der Waals surface area contributed by atoms with Crippen LogP contribution in [-0.2, 0) is 4.79 Å². The molecule has 20 heavy (non-hydrogen) atoms. The predicted octanol–water partition coefficient (Wildman–Crippen LogP) is 1.79. The van der Waals surface area contributed by atoms with Crippen LogP contribution in [0.15, 0.2) is 5.16 Å². The number of carboxylic acid groups (broad SMARTS) is 1. The number of hydrogen-bond acceptors (Lipinski definition) is 5. The average molecular weight is 310 g/mol. The monoisotopic (exact) mass is 310 g/mol. The van der Waals surface area contributed by atoms with E-state index in [1.807, 2.05) is 0 Å². The van der Waals surface area contributed by atoms with E-state index >= 15 is 0 Å². The third-order valence-corrected chi connectivity index (χ3v) is 3.57. The van der Waals surface area contributed by atoms with Gasteiger partial charge in [-0.15, -0.1) is 10.2 Å². The molecule has 0 bridgehead atoms. The summed E-state index contributed by atoms with van der Waals surface area (Å²) in [6, 6.07) is 0.0620. The molecule has 1 aliphatic rings. The molecule has 1 aliphatic carbocycles. The highest BCUT2D eigenvalue weighted by molar-refractivity contribution is 7.99. The SMILES string of the molecule is CN(CC(F)(F)F)c1nnc(SCC(=O)O)n1C1CC1. The smallest absolute Gasteiger partial charge is 0.406 e. The normalized spacial score (nSPS) is 15.4. The number of nitrogens with zero attached hydrogens (tertiary/aromatic N) is 4. The quantitative estimate of drug-likeness (QED) is 0.808. The summed E-state index contributed by atoms with van der Waals surface area (Å²) in [5, 5.41) is 16.6. The summed E-state index contributed by atoms with van der Waals surface area (Å²) < 4.78 is 38.9. The van der Waals surface area contributed by atoms with Gasteiger partial charge >= 0.3 is 12.1 Å². The Balaban J connectivity index is 2.18. The molecule has 0 atom stereocenters. The number of hydrogen-bond donors (Lipinski definition) is 1. The highest BCUT2D eigenvalue weighted by Gasteiger charge is 2.35. The largest absolute Gasteiger partial charge is 0.481 e. The second kappa shape index (κ2) is 5.51. The maximum Gasteiger partial charge on any atom is 0.406 e. The average Bonchev–Trinajstić information content (AvgIpc) is 3.04. The molecular weight excluding hydrogens is 297 g/mol. The summed E-state index contributed by atoms with van der Waals surface area (Å²) in [4.78, 5) is 11.5. The molecule has 0 saturated heterocycles. The minimum absolute atomic E-state index is 0.0620. The Labute approximate surface area is 117 Å². The third kappa shape index (κ3) is 3.78. The molecule has 112 valence electrons. The fourth-order valence-corrected chi connectivity index (χ4v) is 2.47. The Kier molecular flexibility index (Phi) is 4.11. The van der Waals surface area contributed by atoms with E-state index in [4.69, 9.17) is 5.11 Å². The molecule has 1 aromatic rings. The van der Waals surface area contributed by atoms with E-state index in [0.717, 1.165) is 29.5 Å². The van der Waals surface area contributed by atoms with E-state index in [2.05, 4.69) is 10.2 Å². The first-order valence-corrected chi connectivity index (χ1v) is 6.84. The van der Waals surface area contributed by atoms with Crippen LogP contribution in [0.3, 0.4) is 0 Å². The molecule has 1 fully saturated rings. The van der Waals surface area contributed by atoms with Crippen LogP contribution < -0.4 is 4.90 Å². The number of anilines is 1. The molecule has 2 rings (SSSR count). The number of thioether (sulfide) groups is 1. The third-order valence-electron chi connectivity index (χ3n) is 2.64. The zero-order chi connectivity index (χ0) is 14.9. The van der Waals surface area contributed by atoms with Gasteiger partial charge in [0, 0.05) is 13.1 Å². The number of rotatable bonds is 6. The number of aliphatic carboxylic acids is 1. The molecule has 10 heteroatoms. The summed E-state index contributed by atoms with van der Waals surface area (Å²) in [5.41, 5.74) is 0. The van der Waals surface area contributed by atoms with Crippen LogP contribution in [0.25, 0.3) is 0 Å². The summed E-state index contributed by atoms with van der Waals surface area (Å²) >= 11 is 0.962. The van der Waals surface area contributed by atoms with Gasteiger partial charge in [0.2, 0.25) is 5.95 Å². The lowest BCUT2D eigenvalue weighted by atomic mass is 10.5. The summed E-state index contributed by atoms with van der Waals surface area (Å²) in [6.45, 7) is -1.12. The lowest BCUT2D eigenvalue weighted by molar-refractivity contribution is -0.134. The van der Waals surface area contributed by atoms with E-state index in [0.29, 0.717) is 5.16 Å². The van der Waals surface area contributed by atoms with Crippen LogP contribution in [0.4, 0.5) is 19.1 Å². The fourth-order valence-electron chi connectivity index (χ4n) is 1.75. The molecule has 0 aliphatic heterocycles. The second-order valence-electron chi connectivity index (χ2n) is 4.54. The topological polar surface area (TPSA) is 71.2 Å². The van der Waals surface area contributed by atoms with Crippen molar-refractivity contribution in [3.63, 3.8) is 0 Å². The molecule has 1 saturated carbocycles. The minimum Gasteiger partial charge on any atom is -0.481 e. The Bertz CT molecular complexity index is 501. The molecule has 0 unspecified atom stereocenters. The van der Waals surface area contributed by atoms with Gasteiger partial charge in [-0.25, -0.2) is 0 Å². The van der Waals surface area contributed by atoms with Crippen LogP contribution in [0.2, 0.25) is 0 Å². The van der Waals surface area contributed by atoms with Gasteiger partial charge < -0.3 is 10.0 Å². The van der Waals surface area contributed by atoms with Crippen molar-refractivity contribution in [3.8, 4) is 0 Å². The van der Waals surface area contributed by atoms with Crippen molar-refractivity contribution in [1.82, 2.24) is 14.8 Å². The first-order valence-electron chi connectivity index (χ1n) is 5.85. The van der Waals surface area contributed by atoms with E-state index in [1.165, 1.54) is 7.05 Å².